The Hall–Kier alpha value is -2.07. The largest absolute Gasteiger partial charge is 0.394 e. The average molecular weight is 407 g/mol. The second-order valence-corrected chi connectivity index (χ2v) is 7.83. The van der Waals surface area contributed by atoms with Crippen molar-refractivity contribution in [1.29, 1.82) is 0 Å². The molecule has 1 saturated heterocycles. The van der Waals surface area contributed by atoms with E-state index in [0.717, 1.165) is 15.2 Å². The summed E-state index contributed by atoms with van der Waals surface area (Å²) in [4.78, 5) is 32.9. The molecule has 1 aliphatic heterocycles. The van der Waals surface area contributed by atoms with Crippen molar-refractivity contribution in [2.45, 2.75) is 18.9 Å². The number of aliphatic hydroxyl groups excluding tert-OH is 1. The van der Waals surface area contributed by atoms with E-state index in [1.54, 1.807) is 16.2 Å². The monoisotopic (exact) mass is 406 g/mol. The Morgan fingerprint density at radius 2 is 2.11 bits per heavy atom. The summed E-state index contributed by atoms with van der Waals surface area (Å²) in [6.07, 6.45) is 0.863. The zero-order valence-corrected chi connectivity index (χ0v) is 16.6. The summed E-state index contributed by atoms with van der Waals surface area (Å²) < 4.78 is 6.38. The fraction of sp³-hybridized carbons (Fsp3) is 0.526. The number of fused-ring (bicyclic) bond motifs is 1. The number of hydrogen-bond donors (Lipinski definition) is 2. The number of benzene rings is 1. The number of amides is 2. The fourth-order valence-corrected chi connectivity index (χ4v) is 4.30. The van der Waals surface area contributed by atoms with Crippen LogP contribution in [0.4, 0.5) is 0 Å². The van der Waals surface area contributed by atoms with Crippen molar-refractivity contribution < 1.29 is 19.4 Å². The molecule has 1 atom stereocenters. The Labute approximate surface area is 167 Å². The molecule has 1 aromatic carbocycles. The normalized spacial score (nSPS) is 17.9. The zero-order valence-electron chi connectivity index (χ0n) is 15.7. The third-order valence-electron chi connectivity index (χ3n) is 4.79. The summed E-state index contributed by atoms with van der Waals surface area (Å²) in [5, 5.41) is 9.66. The minimum absolute atomic E-state index is 0.0130. The number of para-hydroxylation sites is 1. The molecule has 3 N–H and O–H groups in total. The van der Waals surface area contributed by atoms with E-state index in [-0.39, 0.29) is 12.5 Å². The molecule has 8 nitrogen and oxygen atoms in total. The van der Waals surface area contributed by atoms with Gasteiger partial charge in [-0.05, 0) is 12.1 Å². The van der Waals surface area contributed by atoms with Crippen molar-refractivity contribution >= 4 is 33.4 Å². The number of thiazole rings is 1. The number of carbonyl (C=O) groups is 2. The number of rotatable bonds is 9. The molecule has 28 heavy (non-hydrogen) atoms. The number of aliphatic hydroxyl groups is 1. The van der Waals surface area contributed by atoms with Crippen LogP contribution in [-0.4, -0.2) is 83.7 Å². The summed E-state index contributed by atoms with van der Waals surface area (Å²) in [5.41, 5.74) is 6.50. The molecular formula is C19H26N4O4S. The Kier molecular flexibility index (Phi) is 7.32. The van der Waals surface area contributed by atoms with Crippen LogP contribution in [0.1, 0.15) is 11.4 Å². The first-order chi connectivity index (χ1) is 13.6. The number of primary amides is 1. The number of ether oxygens (including phenoxy) is 1. The average Bonchev–Trinajstić information content (AvgIpc) is 3.12. The van der Waals surface area contributed by atoms with E-state index in [1.165, 1.54) is 0 Å². The van der Waals surface area contributed by atoms with E-state index >= 15 is 0 Å². The second kappa shape index (κ2) is 9.92. The van der Waals surface area contributed by atoms with Crippen LogP contribution < -0.4 is 5.73 Å². The Morgan fingerprint density at radius 3 is 2.86 bits per heavy atom. The first-order valence-corrected chi connectivity index (χ1v) is 10.2. The number of aromatic nitrogens is 1. The summed E-state index contributed by atoms with van der Waals surface area (Å²) in [6.45, 7) is 2.93. The van der Waals surface area contributed by atoms with Gasteiger partial charge in [0.1, 0.15) is 6.04 Å². The summed E-state index contributed by atoms with van der Waals surface area (Å²) >= 11 is 1.59. The van der Waals surface area contributed by atoms with Gasteiger partial charge in [0.25, 0.3) is 0 Å². The molecular weight excluding hydrogens is 380 g/mol. The molecule has 0 spiro atoms. The molecule has 0 aliphatic carbocycles. The van der Waals surface area contributed by atoms with Gasteiger partial charge in [0.2, 0.25) is 11.8 Å². The van der Waals surface area contributed by atoms with Crippen molar-refractivity contribution in [2.75, 3.05) is 46.0 Å². The minimum atomic E-state index is -0.630. The topological polar surface area (TPSA) is 109 Å². The maximum absolute atomic E-state index is 12.7. The number of carbonyl (C=O) groups excluding carboxylic acids is 2. The molecule has 0 saturated carbocycles. The van der Waals surface area contributed by atoms with Gasteiger partial charge in [-0.15, -0.1) is 11.3 Å². The number of piperazine rings is 1. The lowest BCUT2D eigenvalue weighted by molar-refractivity contribution is -0.142. The van der Waals surface area contributed by atoms with Gasteiger partial charge in [-0.1, -0.05) is 12.1 Å². The van der Waals surface area contributed by atoms with Crippen LogP contribution in [0.2, 0.25) is 0 Å². The molecule has 1 fully saturated rings. The highest BCUT2D eigenvalue weighted by molar-refractivity contribution is 7.18. The van der Waals surface area contributed by atoms with E-state index in [1.807, 2.05) is 24.3 Å². The van der Waals surface area contributed by atoms with Gasteiger partial charge in [0.05, 0.1) is 35.0 Å². The number of aryl methyl sites for hydroxylation is 1. The molecule has 3 rings (SSSR count). The van der Waals surface area contributed by atoms with Crippen molar-refractivity contribution in [1.82, 2.24) is 14.8 Å². The fourth-order valence-electron chi connectivity index (χ4n) is 3.33. The van der Waals surface area contributed by atoms with E-state index in [2.05, 4.69) is 9.88 Å². The molecule has 2 heterocycles. The van der Waals surface area contributed by atoms with E-state index in [9.17, 15) is 9.59 Å². The van der Waals surface area contributed by atoms with Crippen LogP contribution in [-0.2, 0) is 20.7 Å². The van der Waals surface area contributed by atoms with Crippen LogP contribution in [0.25, 0.3) is 10.2 Å². The predicted octanol–water partition coefficient (Wildman–Crippen LogP) is 0.236. The van der Waals surface area contributed by atoms with E-state index in [0.29, 0.717) is 52.2 Å². The zero-order chi connectivity index (χ0) is 19.9. The lowest BCUT2D eigenvalue weighted by atomic mass is 10.1. The Bertz CT molecular complexity index is 779. The van der Waals surface area contributed by atoms with Crippen molar-refractivity contribution in [3.05, 3.63) is 29.3 Å². The number of nitrogens with two attached hydrogens (primary N) is 1. The van der Waals surface area contributed by atoms with Gasteiger partial charge >= 0.3 is 0 Å². The Morgan fingerprint density at radius 1 is 1.29 bits per heavy atom. The standard InChI is InChI=1S/C19H26N4O4S/c20-19(26)15-13-22(9-11-27-12-10-24)7-8-23(15)18(25)6-5-17-21-14-3-1-2-4-16(14)28-17/h1-4,15,24H,5-13H2,(H2,20,26). The quantitative estimate of drug-likeness (QED) is 0.577. The Balaban J connectivity index is 1.53. The molecule has 0 bridgehead atoms. The molecule has 0 radical (unpaired) electrons. The van der Waals surface area contributed by atoms with Crippen molar-refractivity contribution in [3.63, 3.8) is 0 Å². The summed E-state index contributed by atoms with van der Waals surface area (Å²) in [6, 6.07) is 7.27. The predicted molar refractivity (Wildman–Crippen MR) is 107 cm³/mol. The van der Waals surface area contributed by atoms with Crippen LogP contribution in [0, 0.1) is 0 Å². The second-order valence-electron chi connectivity index (χ2n) is 6.72. The highest BCUT2D eigenvalue weighted by atomic mass is 32.1. The SMILES string of the molecule is NC(=O)C1CN(CCOCCO)CCN1C(=O)CCc1nc2ccccc2s1. The van der Waals surface area contributed by atoms with Gasteiger partial charge in [-0.3, -0.25) is 14.5 Å². The number of nitrogens with zero attached hydrogens (tertiary/aromatic N) is 3. The van der Waals surface area contributed by atoms with Crippen LogP contribution >= 0.6 is 11.3 Å². The van der Waals surface area contributed by atoms with Gasteiger partial charge in [-0.2, -0.15) is 0 Å². The van der Waals surface area contributed by atoms with Crippen molar-refractivity contribution in [3.8, 4) is 0 Å². The minimum Gasteiger partial charge on any atom is -0.394 e. The molecule has 1 aromatic heterocycles. The van der Waals surface area contributed by atoms with Gasteiger partial charge in [0, 0.05) is 39.0 Å². The third-order valence-corrected chi connectivity index (χ3v) is 5.89. The lowest BCUT2D eigenvalue weighted by Crippen LogP contribution is -2.60. The van der Waals surface area contributed by atoms with E-state index in [4.69, 9.17) is 15.6 Å². The highest BCUT2D eigenvalue weighted by Crippen LogP contribution is 2.23. The molecule has 2 amide bonds. The molecule has 1 unspecified atom stereocenters. The van der Waals surface area contributed by atoms with Gasteiger partial charge < -0.3 is 20.5 Å². The molecule has 9 heteroatoms. The first-order valence-electron chi connectivity index (χ1n) is 9.42. The van der Waals surface area contributed by atoms with Crippen molar-refractivity contribution in [2.24, 2.45) is 5.73 Å². The summed E-state index contributed by atoms with van der Waals surface area (Å²) in [5.74, 6) is -0.562. The van der Waals surface area contributed by atoms with Crippen LogP contribution in [0.15, 0.2) is 24.3 Å². The van der Waals surface area contributed by atoms with Gasteiger partial charge in [0.15, 0.2) is 0 Å². The van der Waals surface area contributed by atoms with E-state index < -0.39 is 11.9 Å². The molecule has 2 aromatic rings. The third kappa shape index (κ3) is 5.26. The van der Waals surface area contributed by atoms with Crippen LogP contribution in [0.5, 0.6) is 0 Å². The first kappa shape index (κ1) is 20.7. The van der Waals surface area contributed by atoms with Crippen LogP contribution in [0.3, 0.4) is 0 Å². The molecule has 152 valence electrons. The lowest BCUT2D eigenvalue weighted by Gasteiger charge is -2.39. The molecule has 1 aliphatic rings. The smallest absolute Gasteiger partial charge is 0.241 e. The maximum atomic E-state index is 12.7. The highest BCUT2D eigenvalue weighted by Gasteiger charge is 2.33. The van der Waals surface area contributed by atoms with Gasteiger partial charge in [-0.25, -0.2) is 4.98 Å². The summed E-state index contributed by atoms with van der Waals surface area (Å²) in [7, 11) is 0. The maximum Gasteiger partial charge on any atom is 0.241 e. The number of hydrogen-bond acceptors (Lipinski definition) is 7.